The van der Waals surface area contributed by atoms with E-state index in [-0.39, 0.29) is 0 Å². The molecule has 1 unspecified atom stereocenters. The molecule has 1 aliphatic heterocycles. The molecule has 3 nitrogen and oxygen atoms in total. The van der Waals surface area contributed by atoms with Crippen molar-refractivity contribution in [3.05, 3.63) is 35.9 Å². The third kappa shape index (κ3) is 3.83. The zero-order chi connectivity index (χ0) is 13.7. The Morgan fingerprint density at radius 2 is 2.11 bits per heavy atom. The maximum Gasteiger partial charge on any atom is 0.180 e. The van der Waals surface area contributed by atoms with Gasteiger partial charge in [-0.3, -0.25) is 4.99 Å². The van der Waals surface area contributed by atoms with Crippen molar-refractivity contribution in [2.75, 3.05) is 12.8 Å². The Morgan fingerprint density at radius 1 is 1.37 bits per heavy atom. The van der Waals surface area contributed by atoms with E-state index in [0.29, 0.717) is 5.92 Å². The summed E-state index contributed by atoms with van der Waals surface area (Å²) >= 11 is 1.79. The van der Waals surface area contributed by atoms with Gasteiger partial charge in [0.25, 0.3) is 0 Å². The van der Waals surface area contributed by atoms with E-state index in [1.165, 1.54) is 11.3 Å². The molecule has 0 aliphatic carbocycles. The Bertz CT molecular complexity index is 468. The molecular weight excluding hydrogens is 254 g/mol. The summed E-state index contributed by atoms with van der Waals surface area (Å²) < 4.78 is 0. The lowest BCUT2D eigenvalue weighted by molar-refractivity contribution is 0.538. The number of hydrogen-bond donors (Lipinski definition) is 0. The van der Waals surface area contributed by atoms with E-state index in [4.69, 9.17) is 0 Å². The van der Waals surface area contributed by atoms with Gasteiger partial charge in [0.1, 0.15) is 0 Å². The third-order valence-electron chi connectivity index (χ3n) is 3.33. The maximum absolute atomic E-state index is 4.65. The summed E-state index contributed by atoms with van der Waals surface area (Å²) in [6, 6.07) is 10.3. The number of rotatable bonds is 4. The summed E-state index contributed by atoms with van der Waals surface area (Å²) in [7, 11) is 1.98. The van der Waals surface area contributed by atoms with Gasteiger partial charge in [0.05, 0.1) is 12.3 Å². The van der Waals surface area contributed by atoms with Crippen molar-refractivity contribution >= 4 is 22.6 Å². The fraction of sp³-hybridized carbons (Fsp3) is 0.467. The molecule has 0 radical (unpaired) electrons. The van der Waals surface area contributed by atoms with Crippen LogP contribution in [0, 0.1) is 5.92 Å². The predicted molar refractivity (Wildman–Crippen MR) is 84.7 cm³/mol. The maximum atomic E-state index is 4.65. The Morgan fingerprint density at radius 3 is 2.74 bits per heavy atom. The van der Waals surface area contributed by atoms with Gasteiger partial charge in [-0.05, 0) is 17.9 Å². The first-order valence-corrected chi connectivity index (χ1v) is 7.71. The van der Waals surface area contributed by atoms with Crippen molar-refractivity contribution in [1.82, 2.24) is 5.01 Å². The molecule has 102 valence electrons. The second-order valence-electron chi connectivity index (χ2n) is 4.80. The summed E-state index contributed by atoms with van der Waals surface area (Å²) in [5.41, 5.74) is 2.51. The Labute approximate surface area is 119 Å². The summed E-state index contributed by atoms with van der Waals surface area (Å²) in [6.45, 7) is 5.16. The summed E-state index contributed by atoms with van der Waals surface area (Å²) in [6.07, 6.45) is 1.14. The van der Waals surface area contributed by atoms with Crippen molar-refractivity contribution in [3.8, 4) is 0 Å². The number of hydrogen-bond acceptors (Lipinski definition) is 3. The minimum atomic E-state index is 0.561. The summed E-state index contributed by atoms with van der Waals surface area (Å²) in [5.74, 6) is 1.53. The van der Waals surface area contributed by atoms with E-state index in [0.717, 1.165) is 23.9 Å². The highest BCUT2D eigenvalue weighted by molar-refractivity contribution is 8.14. The van der Waals surface area contributed by atoms with Gasteiger partial charge in [0, 0.05) is 12.8 Å². The van der Waals surface area contributed by atoms with Gasteiger partial charge in [-0.15, -0.1) is 0 Å². The highest BCUT2D eigenvalue weighted by Gasteiger charge is 2.19. The fourth-order valence-electron chi connectivity index (χ4n) is 1.86. The molecule has 0 bridgehead atoms. The van der Waals surface area contributed by atoms with Crippen LogP contribution in [-0.2, 0) is 6.54 Å². The zero-order valence-corrected chi connectivity index (χ0v) is 12.7. The lowest BCUT2D eigenvalue weighted by Gasteiger charge is -2.25. The molecule has 19 heavy (non-hydrogen) atoms. The fourth-order valence-corrected chi connectivity index (χ4v) is 2.87. The molecule has 2 rings (SSSR count). The molecule has 1 aliphatic rings. The van der Waals surface area contributed by atoms with Crippen LogP contribution in [0.1, 0.15) is 25.8 Å². The Balaban J connectivity index is 2.02. The zero-order valence-electron chi connectivity index (χ0n) is 11.8. The van der Waals surface area contributed by atoms with Gasteiger partial charge in [0.15, 0.2) is 5.17 Å². The van der Waals surface area contributed by atoms with Crippen LogP contribution in [0.5, 0.6) is 0 Å². The van der Waals surface area contributed by atoms with Crippen LogP contribution < -0.4 is 0 Å². The normalized spacial score (nSPS) is 19.4. The smallest absolute Gasteiger partial charge is 0.180 e. The second-order valence-corrected chi connectivity index (χ2v) is 5.74. The van der Waals surface area contributed by atoms with Gasteiger partial charge < -0.3 is 0 Å². The molecule has 1 aromatic carbocycles. The molecule has 0 amide bonds. The SMILES string of the molecule is CCC(C)C1=NN(C)C(=NCc2ccccc2)SC1. The average molecular weight is 275 g/mol. The molecular formula is C15H21N3S. The van der Waals surface area contributed by atoms with E-state index < -0.39 is 0 Å². The number of benzene rings is 1. The van der Waals surface area contributed by atoms with E-state index in [2.05, 4.69) is 36.1 Å². The quantitative estimate of drug-likeness (QED) is 0.839. The molecule has 0 spiro atoms. The molecule has 0 saturated carbocycles. The standard InChI is InChI=1S/C15H21N3S/c1-4-12(2)14-11-19-15(18(3)17-14)16-10-13-8-6-5-7-9-13/h5-9,12H,4,10-11H2,1-3H3. The second kappa shape index (κ2) is 6.75. The van der Waals surface area contributed by atoms with Crippen LogP contribution in [0.4, 0.5) is 0 Å². The Kier molecular flexibility index (Phi) is 5.02. The van der Waals surface area contributed by atoms with Crippen molar-refractivity contribution in [2.45, 2.75) is 26.8 Å². The van der Waals surface area contributed by atoms with Crippen LogP contribution in [0.3, 0.4) is 0 Å². The lowest BCUT2D eigenvalue weighted by atomic mass is 10.0. The molecule has 0 aromatic heterocycles. The topological polar surface area (TPSA) is 28.0 Å². The predicted octanol–water partition coefficient (Wildman–Crippen LogP) is 3.62. The first kappa shape index (κ1) is 14.1. The molecule has 1 aromatic rings. The van der Waals surface area contributed by atoms with Crippen LogP contribution in [0.15, 0.2) is 40.4 Å². The average Bonchev–Trinajstić information content (AvgIpc) is 2.46. The molecule has 0 N–H and O–H groups in total. The lowest BCUT2D eigenvalue weighted by Crippen LogP contribution is -2.30. The molecule has 0 fully saturated rings. The van der Waals surface area contributed by atoms with Crippen LogP contribution >= 0.6 is 11.8 Å². The van der Waals surface area contributed by atoms with E-state index >= 15 is 0 Å². The monoisotopic (exact) mass is 275 g/mol. The van der Waals surface area contributed by atoms with E-state index in [9.17, 15) is 0 Å². The van der Waals surface area contributed by atoms with Crippen molar-refractivity contribution in [2.24, 2.45) is 16.0 Å². The number of aliphatic imine (C=N–C) groups is 1. The van der Waals surface area contributed by atoms with Gasteiger partial charge in [0.2, 0.25) is 0 Å². The van der Waals surface area contributed by atoms with Gasteiger partial charge in [-0.2, -0.15) is 5.10 Å². The van der Waals surface area contributed by atoms with Crippen LogP contribution in [0.2, 0.25) is 0 Å². The molecule has 1 heterocycles. The molecule has 1 atom stereocenters. The highest BCUT2D eigenvalue weighted by atomic mass is 32.2. The van der Waals surface area contributed by atoms with Crippen LogP contribution in [0.25, 0.3) is 0 Å². The molecule has 0 saturated heterocycles. The summed E-state index contributed by atoms with van der Waals surface area (Å²) in [5, 5.41) is 7.57. The van der Waals surface area contributed by atoms with Crippen LogP contribution in [-0.4, -0.2) is 28.7 Å². The minimum Gasteiger partial charge on any atom is -0.256 e. The number of nitrogens with zero attached hydrogens (tertiary/aromatic N) is 3. The largest absolute Gasteiger partial charge is 0.256 e. The van der Waals surface area contributed by atoms with Crippen molar-refractivity contribution in [1.29, 1.82) is 0 Å². The molecule has 4 heteroatoms. The van der Waals surface area contributed by atoms with Gasteiger partial charge in [-0.1, -0.05) is 55.9 Å². The van der Waals surface area contributed by atoms with Crippen molar-refractivity contribution in [3.63, 3.8) is 0 Å². The first-order chi connectivity index (χ1) is 9.20. The van der Waals surface area contributed by atoms with Crippen molar-refractivity contribution < 1.29 is 0 Å². The summed E-state index contributed by atoms with van der Waals surface area (Å²) in [4.78, 5) is 4.65. The number of thioether (sulfide) groups is 1. The minimum absolute atomic E-state index is 0.561. The van der Waals surface area contributed by atoms with E-state index in [1.54, 1.807) is 11.8 Å². The third-order valence-corrected chi connectivity index (χ3v) is 4.42. The number of amidine groups is 1. The Hall–Kier alpha value is -1.29. The first-order valence-electron chi connectivity index (χ1n) is 6.73. The van der Waals surface area contributed by atoms with Gasteiger partial charge >= 0.3 is 0 Å². The van der Waals surface area contributed by atoms with E-state index in [1.807, 2.05) is 30.3 Å². The number of hydrazone groups is 1. The highest BCUT2D eigenvalue weighted by Crippen LogP contribution is 2.20. The van der Waals surface area contributed by atoms with Gasteiger partial charge in [-0.25, -0.2) is 5.01 Å².